The fourth-order valence-corrected chi connectivity index (χ4v) is 2.61. The van der Waals surface area contributed by atoms with Crippen LogP contribution in [0.1, 0.15) is 25.3 Å². The summed E-state index contributed by atoms with van der Waals surface area (Å²) >= 11 is 6.12. The normalized spacial score (nSPS) is 22.8. The van der Waals surface area contributed by atoms with E-state index in [1.54, 1.807) is 38.1 Å². The molecule has 1 aliphatic rings. The molecule has 0 unspecified atom stereocenters. The van der Waals surface area contributed by atoms with Gasteiger partial charge >= 0.3 is 0 Å². The molecule has 1 aliphatic heterocycles. The lowest BCUT2D eigenvalue weighted by Gasteiger charge is -2.37. The van der Waals surface area contributed by atoms with E-state index in [-0.39, 0.29) is 12.4 Å². The van der Waals surface area contributed by atoms with Crippen LogP contribution in [0.3, 0.4) is 0 Å². The van der Waals surface area contributed by atoms with E-state index in [1.807, 2.05) is 0 Å². The number of carbonyl (C=O) groups is 1. The number of Topliss-reactive ketones (excluding diaryl/α,β-unsaturated/α-hetero) is 1. The predicted molar refractivity (Wildman–Crippen MR) is 76.0 cm³/mol. The van der Waals surface area contributed by atoms with Gasteiger partial charge in [0, 0.05) is 9.95 Å². The first-order valence-electron chi connectivity index (χ1n) is 6.51. The van der Waals surface area contributed by atoms with Gasteiger partial charge in [0.05, 0.1) is 5.92 Å². The van der Waals surface area contributed by atoms with Crippen LogP contribution in [0.4, 0.5) is 0 Å². The van der Waals surface area contributed by atoms with E-state index in [4.69, 9.17) is 21.1 Å². The highest BCUT2D eigenvalue weighted by molar-refractivity contribution is 6.31. The number of benzene rings is 1. The van der Waals surface area contributed by atoms with Gasteiger partial charge in [0.15, 0.2) is 11.6 Å². The average Bonchev–Trinajstić information content (AvgIpc) is 2.40. The molecule has 0 N–H and O–H groups in total. The SMILES string of the molecule is CC1(C)OCC(=O)[C@H]([C@@H](C[N+](=O)[O-])c2ccccc2Cl)O1. The average molecular weight is 314 g/mol. The highest BCUT2D eigenvalue weighted by Gasteiger charge is 2.43. The quantitative estimate of drug-likeness (QED) is 0.630. The second-order valence-corrected chi connectivity index (χ2v) is 5.74. The van der Waals surface area contributed by atoms with Crippen LogP contribution in [-0.4, -0.2) is 35.7 Å². The van der Waals surface area contributed by atoms with Crippen LogP contribution >= 0.6 is 11.6 Å². The van der Waals surface area contributed by atoms with Crippen molar-refractivity contribution in [1.29, 1.82) is 0 Å². The number of halogens is 1. The van der Waals surface area contributed by atoms with Crippen molar-refractivity contribution in [3.63, 3.8) is 0 Å². The maximum Gasteiger partial charge on any atom is 0.213 e. The minimum atomic E-state index is -0.964. The van der Waals surface area contributed by atoms with Crippen LogP contribution in [0, 0.1) is 10.1 Å². The Morgan fingerprint density at radius 2 is 2.14 bits per heavy atom. The number of carbonyl (C=O) groups excluding carboxylic acids is 1. The number of ether oxygens (including phenoxy) is 2. The van der Waals surface area contributed by atoms with Crippen LogP contribution < -0.4 is 0 Å². The molecule has 6 nitrogen and oxygen atoms in total. The van der Waals surface area contributed by atoms with Crippen molar-refractivity contribution < 1.29 is 19.2 Å². The topological polar surface area (TPSA) is 78.7 Å². The number of hydrogen-bond donors (Lipinski definition) is 0. The largest absolute Gasteiger partial charge is 0.343 e. The maximum absolute atomic E-state index is 12.1. The standard InChI is InChI=1S/C14H16ClNO5/c1-14(2)20-8-12(17)13(21-14)10(7-16(18)19)9-5-3-4-6-11(9)15/h3-6,10,13H,7-8H2,1-2H3/t10-,13-/m0/s1. The van der Waals surface area contributed by atoms with Gasteiger partial charge in [-0.05, 0) is 25.5 Å². The molecule has 1 saturated heterocycles. The molecule has 1 fully saturated rings. The van der Waals surface area contributed by atoms with Gasteiger partial charge in [0.2, 0.25) is 6.54 Å². The van der Waals surface area contributed by atoms with Crippen molar-refractivity contribution >= 4 is 17.4 Å². The van der Waals surface area contributed by atoms with E-state index >= 15 is 0 Å². The number of hydrogen-bond acceptors (Lipinski definition) is 5. The number of rotatable bonds is 4. The molecular formula is C14H16ClNO5. The Morgan fingerprint density at radius 3 is 2.76 bits per heavy atom. The fraction of sp³-hybridized carbons (Fsp3) is 0.500. The Balaban J connectivity index is 2.38. The maximum atomic E-state index is 12.1. The number of ketones is 1. The molecule has 0 radical (unpaired) electrons. The van der Waals surface area contributed by atoms with E-state index < -0.39 is 29.3 Å². The van der Waals surface area contributed by atoms with E-state index in [0.29, 0.717) is 10.6 Å². The molecule has 0 aliphatic carbocycles. The smallest absolute Gasteiger partial charge is 0.213 e. The monoisotopic (exact) mass is 313 g/mol. The summed E-state index contributed by atoms with van der Waals surface area (Å²) in [7, 11) is 0. The summed E-state index contributed by atoms with van der Waals surface area (Å²) in [5.74, 6) is -2.03. The lowest BCUT2D eigenvalue weighted by atomic mass is 9.90. The summed E-state index contributed by atoms with van der Waals surface area (Å²) in [5.41, 5.74) is 0.534. The summed E-state index contributed by atoms with van der Waals surface area (Å²) < 4.78 is 10.9. The molecule has 2 atom stereocenters. The molecule has 7 heteroatoms. The molecule has 0 amide bonds. The Hall–Kier alpha value is -1.50. The third-order valence-corrected chi connectivity index (χ3v) is 3.65. The van der Waals surface area contributed by atoms with Crippen molar-refractivity contribution in [1.82, 2.24) is 0 Å². The van der Waals surface area contributed by atoms with E-state index in [0.717, 1.165) is 0 Å². The predicted octanol–water partition coefficient (Wildman–Crippen LogP) is 2.42. The van der Waals surface area contributed by atoms with Crippen molar-refractivity contribution in [2.45, 2.75) is 31.7 Å². The van der Waals surface area contributed by atoms with Crippen molar-refractivity contribution in [2.24, 2.45) is 0 Å². The van der Waals surface area contributed by atoms with Gasteiger partial charge < -0.3 is 9.47 Å². The Kier molecular flexibility index (Phi) is 4.61. The third-order valence-electron chi connectivity index (χ3n) is 3.31. The molecule has 1 aromatic carbocycles. The number of nitrogens with zero attached hydrogens (tertiary/aromatic N) is 1. The molecule has 1 heterocycles. The minimum absolute atomic E-state index is 0.129. The summed E-state index contributed by atoms with van der Waals surface area (Å²) in [5, 5.41) is 11.3. The fourth-order valence-electron chi connectivity index (χ4n) is 2.33. The van der Waals surface area contributed by atoms with Gasteiger partial charge in [-0.25, -0.2) is 0 Å². The van der Waals surface area contributed by atoms with Crippen molar-refractivity contribution in [3.8, 4) is 0 Å². The molecule has 2 rings (SSSR count). The first-order chi connectivity index (χ1) is 9.80. The van der Waals surface area contributed by atoms with Crippen LogP contribution in [0.2, 0.25) is 5.02 Å². The first-order valence-corrected chi connectivity index (χ1v) is 6.88. The second-order valence-electron chi connectivity index (χ2n) is 5.34. The summed E-state index contributed by atoms with van der Waals surface area (Å²) in [6, 6.07) is 6.77. The van der Waals surface area contributed by atoms with Gasteiger partial charge in [-0.15, -0.1) is 0 Å². The van der Waals surface area contributed by atoms with Crippen LogP contribution in [0.5, 0.6) is 0 Å². The zero-order valence-electron chi connectivity index (χ0n) is 11.7. The molecule has 0 bridgehead atoms. The second kappa shape index (κ2) is 6.09. The van der Waals surface area contributed by atoms with Crippen molar-refractivity contribution in [3.05, 3.63) is 45.0 Å². The van der Waals surface area contributed by atoms with Gasteiger partial charge in [-0.1, -0.05) is 29.8 Å². The lowest BCUT2D eigenvalue weighted by molar-refractivity contribution is -0.486. The van der Waals surface area contributed by atoms with E-state index in [9.17, 15) is 14.9 Å². The van der Waals surface area contributed by atoms with Crippen LogP contribution in [-0.2, 0) is 14.3 Å². The Bertz CT molecular complexity index is 560. The zero-order chi connectivity index (χ0) is 15.6. The van der Waals surface area contributed by atoms with Crippen LogP contribution in [0.25, 0.3) is 0 Å². The molecule has 0 aromatic heterocycles. The van der Waals surface area contributed by atoms with E-state index in [1.165, 1.54) is 0 Å². The minimum Gasteiger partial charge on any atom is -0.343 e. The molecule has 0 saturated carbocycles. The first kappa shape index (κ1) is 15.9. The van der Waals surface area contributed by atoms with E-state index in [2.05, 4.69) is 0 Å². The number of nitro groups is 1. The lowest BCUT2D eigenvalue weighted by Crippen LogP contribution is -2.49. The van der Waals surface area contributed by atoms with Gasteiger partial charge in [-0.3, -0.25) is 14.9 Å². The molecule has 21 heavy (non-hydrogen) atoms. The van der Waals surface area contributed by atoms with Gasteiger partial charge in [-0.2, -0.15) is 0 Å². The summed E-state index contributed by atoms with van der Waals surface area (Å²) in [4.78, 5) is 22.6. The molecule has 114 valence electrons. The zero-order valence-corrected chi connectivity index (χ0v) is 12.5. The highest BCUT2D eigenvalue weighted by atomic mass is 35.5. The highest BCUT2D eigenvalue weighted by Crippen LogP contribution is 2.33. The third kappa shape index (κ3) is 3.78. The summed E-state index contributed by atoms with van der Waals surface area (Å²) in [6.07, 6.45) is -0.945. The molecule has 0 spiro atoms. The Morgan fingerprint density at radius 1 is 1.48 bits per heavy atom. The molecular weight excluding hydrogens is 298 g/mol. The summed E-state index contributed by atoms with van der Waals surface area (Å²) in [6.45, 7) is 2.77. The van der Waals surface area contributed by atoms with Crippen LogP contribution in [0.15, 0.2) is 24.3 Å². The molecule has 1 aromatic rings. The van der Waals surface area contributed by atoms with Gasteiger partial charge in [0.25, 0.3) is 0 Å². The van der Waals surface area contributed by atoms with Gasteiger partial charge in [0.1, 0.15) is 12.7 Å². The van der Waals surface area contributed by atoms with Crippen molar-refractivity contribution in [2.75, 3.05) is 13.2 Å². The Labute approximate surface area is 127 Å².